The van der Waals surface area contributed by atoms with Gasteiger partial charge in [-0.3, -0.25) is 4.79 Å². The number of benzene rings is 2. The lowest BCUT2D eigenvalue weighted by molar-refractivity contribution is -0.147. The van der Waals surface area contributed by atoms with E-state index in [4.69, 9.17) is 9.47 Å². The Bertz CT molecular complexity index is 1070. The van der Waals surface area contributed by atoms with Gasteiger partial charge in [-0.2, -0.15) is 0 Å². The summed E-state index contributed by atoms with van der Waals surface area (Å²) in [4.78, 5) is 39.1. The molecule has 1 atom stereocenters. The average Bonchev–Trinajstić information content (AvgIpc) is 2.79. The van der Waals surface area contributed by atoms with Gasteiger partial charge >= 0.3 is 12.1 Å². The van der Waals surface area contributed by atoms with Crippen molar-refractivity contribution in [2.75, 3.05) is 0 Å². The number of carbonyl (C=O) groups excluding carboxylic acids is 2. The largest absolute Gasteiger partial charge is 0.503 e. The molecule has 0 unspecified atom stereocenters. The predicted octanol–water partition coefficient (Wildman–Crippen LogP) is 2.66. The number of aromatic hydroxyl groups is 1. The summed E-state index contributed by atoms with van der Waals surface area (Å²) < 4.78 is 10.5. The number of nitrogens with one attached hydrogen (secondary N) is 2. The molecule has 2 aromatic carbocycles. The first kappa shape index (κ1) is 21.6. The maximum atomic E-state index is 12.6. The number of rotatable bonds is 8. The SMILES string of the molecule is O=C(N[C@@H](Cc1ccccc1)C(=O)OCc1cc(=O)c(O)c[nH]1)OCc1ccccc1. The molecular weight excluding hydrogens is 400 g/mol. The Morgan fingerprint density at radius 3 is 2.23 bits per heavy atom. The first-order chi connectivity index (χ1) is 15.0. The van der Waals surface area contributed by atoms with E-state index in [0.29, 0.717) is 5.69 Å². The van der Waals surface area contributed by atoms with Crippen LogP contribution in [0.15, 0.2) is 77.7 Å². The second kappa shape index (κ2) is 10.6. The zero-order chi connectivity index (χ0) is 22.1. The monoisotopic (exact) mass is 422 g/mol. The van der Waals surface area contributed by atoms with Gasteiger partial charge in [0.25, 0.3) is 0 Å². The van der Waals surface area contributed by atoms with Crippen molar-refractivity contribution in [3.05, 3.63) is 100.0 Å². The number of aromatic nitrogens is 1. The van der Waals surface area contributed by atoms with E-state index in [1.807, 2.05) is 60.7 Å². The normalized spacial score (nSPS) is 11.4. The number of pyridine rings is 1. The van der Waals surface area contributed by atoms with Crippen LogP contribution in [0.3, 0.4) is 0 Å². The minimum Gasteiger partial charge on any atom is -0.503 e. The molecule has 0 saturated carbocycles. The highest BCUT2D eigenvalue weighted by molar-refractivity contribution is 5.81. The van der Waals surface area contributed by atoms with Crippen LogP contribution >= 0.6 is 0 Å². The number of H-pyrrole nitrogens is 1. The lowest BCUT2D eigenvalue weighted by Gasteiger charge is -2.18. The molecule has 1 aromatic heterocycles. The van der Waals surface area contributed by atoms with E-state index in [1.54, 1.807) is 0 Å². The van der Waals surface area contributed by atoms with Crippen LogP contribution in [0.25, 0.3) is 0 Å². The Morgan fingerprint density at radius 1 is 0.935 bits per heavy atom. The van der Waals surface area contributed by atoms with E-state index in [-0.39, 0.29) is 19.6 Å². The summed E-state index contributed by atoms with van der Waals surface area (Å²) in [5.74, 6) is -1.12. The lowest BCUT2D eigenvalue weighted by atomic mass is 10.1. The summed E-state index contributed by atoms with van der Waals surface area (Å²) >= 11 is 0. The fraction of sp³-hybridized carbons (Fsp3) is 0.174. The first-order valence-corrected chi connectivity index (χ1v) is 9.59. The van der Waals surface area contributed by atoms with Gasteiger partial charge in [-0.25, -0.2) is 9.59 Å². The van der Waals surface area contributed by atoms with Crippen molar-refractivity contribution in [2.24, 2.45) is 0 Å². The second-order valence-electron chi connectivity index (χ2n) is 6.76. The molecule has 0 aliphatic rings. The fourth-order valence-electron chi connectivity index (χ4n) is 2.79. The molecular formula is C23H22N2O6. The smallest absolute Gasteiger partial charge is 0.408 e. The zero-order valence-corrected chi connectivity index (χ0v) is 16.6. The standard InChI is InChI=1S/C23H22N2O6/c26-20-12-18(24-13-21(20)27)15-30-22(28)19(11-16-7-3-1-4-8-16)25-23(29)31-14-17-9-5-2-6-10-17/h1-10,12-13,19,27H,11,14-15H2,(H,24,26)(H,25,29)/t19-/m0/s1. The van der Waals surface area contributed by atoms with Crippen LogP contribution in [0.4, 0.5) is 4.79 Å². The molecule has 8 nitrogen and oxygen atoms in total. The minimum absolute atomic E-state index is 0.0640. The van der Waals surface area contributed by atoms with Gasteiger partial charge in [0.05, 0.1) is 5.69 Å². The van der Waals surface area contributed by atoms with E-state index >= 15 is 0 Å². The third kappa shape index (κ3) is 6.74. The molecule has 0 radical (unpaired) electrons. The molecule has 1 amide bonds. The molecule has 160 valence electrons. The van der Waals surface area contributed by atoms with E-state index in [1.165, 1.54) is 0 Å². The summed E-state index contributed by atoms with van der Waals surface area (Å²) in [5, 5.41) is 11.8. The van der Waals surface area contributed by atoms with Gasteiger partial charge in [-0.05, 0) is 11.1 Å². The van der Waals surface area contributed by atoms with Gasteiger partial charge in [-0.15, -0.1) is 0 Å². The van der Waals surface area contributed by atoms with Gasteiger partial charge in [0.2, 0.25) is 5.43 Å². The predicted molar refractivity (Wildman–Crippen MR) is 112 cm³/mol. The Morgan fingerprint density at radius 2 is 1.58 bits per heavy atom. The lowest BCUT2D eigenvalue weighted by Crippen LogP contribution is -2.43. The van der Waals surface area contributed by atoms with Crippen LogP contribution in [0.5, 0.6) is 5.75 Å². The van der Waals surface area contributed by atoms with Crippen LogP contribution in [-0.2, 0) is 33.9 Å². The number of carbonyl (C=O) groups is 2. The van der Waals surface area contributed by atoms with Crippen LogP contribution in [0.1, 0.15) is 16.8 Å². The molecule has 8 heteroatoms. The topological polar surface area (TPSA) is 118 Å². The summed E-state index contributed by atoms with van der Waals surface area (Å²) in [6.45, 7) is -0.158. The maximum absolute atomic E-state index is 12.6. The van der Waals surface area contributed by atoms with Gasteiger partial charge in [0, 0.05) is 18.7 Å². The van der Waals surface area contributed by atoms with Crippen molar-refractivity contribution in [3.63, 3.8) is 0 Å². The second-order valence-corrected chi connectivity index (χ2v) is 6.76. The molecule has 0 bridgehead atoms. The van der Waals surface area contributed by atoms with E-state index < -0.39 is 29.3 Å². The number of esters is 1. The maximum Gasteiger partial charge on any atom is 0.408 e. The zero-order valence-electron chi connectivity index (χ0n) is 16.6. The van der Waals surface area contributed by atoms with Crippen LogP contribution in [0, 0.1) is 0 Å². The number of alkyl carbamates (subject to hydrolysis) is 1. The number of hydrogen-bond donors (Lipinski definition) is 3. The summed E-state index contributed by atoms with van der Waals surface area (Å²) in [7, 11) is 0. The van der Waals surface area contributed by atoms with E-state index in [0.717, 1.165) is 23.4 Å². The molecule has 0 saturated heterocycles. The number of aromatic amines is 1. The molecule has 0 spiro atoms. The molecule has 0 fully saturated rings. The van der Waals surface area contributed by atoms with Gasteiger partial charge in [-0.1, -0.05) is 60.7 Å². The summed E-state index contributed by atoms with van der Waals surface area (Å²) in [5.41, 5.74) is 1.36. The quantitative estimate of drug-likeness (QED) is 0.481. The molecule has 1 heterocycles. The fourth-order valence-corrected chi connectivity index (χ4v) is 2.79. The Kier molecular flexibility index (Phi) is 7.42. The Balaban J connectivity index is 1.63. The molecule has 31 heavy (non-hydrogen) atoms. The van der Waals surface area contributed by atoms with E-state index in [9.17, 15) is 19.5 Å². The van der Waals surface area contributed by atoms with Crippen LogP contribution in [0.2, 0.25) is 0 Å². The summed E-state index contributed by atoms with van der Waals surface area (Å²) in [6, 6.07) is 18.5. The van der Waals surface area contributed by atoms with Crippen molar-refractivity contribution >= 4 is 12.1 Å². The summed E-state index contributed by atoms with van der Waals surface area (Å²) in [6.07, 6.45) is 0.568. The molecule has 3 aromatic rings. The van der Waals surface area contributed by atoms with Crippen LogP contribution in [-0.4, -0.2) is 28.2 Å². The van der Waals surface area contributed by atoms with Crippen LogP contribution < -0.4 is 10.7 Å². The Labute approximate surface area is 178 Å². The number of hydrogen-bond acceptors (Lipinski definition) is 6. The molecule has 0 aliphatic carbocycles. The third-order valence-electron chi connectivity index (χ3n) is 4.39. The van der Waals surface area contributed by atoms with Gasteiger partial charge in [0.1, 0.15) is 19.3 Å². The average molecular weight is 422 g/mol. The number of amides is 1. The van der Waals surface area contributed by atoms with Gasteiger partial charge in [0.15, 0.2) is 5.75 Å². The highest BCUT2D eigenvalue weighted by Gasteiger charge is 2.24. The molecule has 3 rings (SSSR count). The van der Waals surface area contributed by atoms with Crippen molar-refractivity contribution in [2.45, 2.75) is 25.7 Å². The highest BCUT2D eigenvalue weighted by atomic mass is 16.6. The van der Waals surface area contributed by atoms with Gasteiger partial charge < -0.3 is 24.9 Å². The number of ether oxygens (including phenoxy) is 2. The van der Waals surface area contributed by atoms with Crippen molar-refractivity contribution in [1.29, 1.82) is 0 Å². The Hall–Kier alpha value is -4.07. The van der Waals surface area contributed by atoms with Crippen molar-refractivity contribution in [1.82, 2.24) is 10.3 Å². The highest BCUT2D eigenvalue weighted by Crippen LogP contribution is 2.08. The molecule has 0 aliphatic heterocycles. The minimum atomic E-state index is -0.991. The first-order valence-electron chi connectivity index (χ1n) is 9.59. The van der Waals surface area contributed by atoms with Crippen molar-refractivity contribution in [3.8, 4) is 5.75 Å². The molecule has 3 N–H and O–H groups in total. The van der Waals surface area contributed by atoms with E-state index in [2.05, 4.69) is 10.3 Å². The van der Waals surface area contributed by atoms with Crippen molar-refractivity contribution < 1.29 is 24.2 Å². The third-order valence-corrected chi connectivity index (χ3v) is 4.39.